The van der Waals surface area contributed by atoms with Gasteiger partial charge in [-0.05, 0) is 32.0 Å². The predicted molar refractivity (Wildman–Crippen MR) is 96.4 cm³/mol. The molecule has 1 N–H and O–H groups in total. The third kappa shape index (κ3) is 3.61. The molecule has 130 valence electrons. The fourth-order valence-electron chi connectivity index (χ4n) is 2.35. The van der Waals surface area contributed by atoms with Crippen molar-refractivity contribution in [3.8, 4) is 5.75 Å². The lowest BCUT2D eigenvalue weighted by atomic mass is 9.93. The molecule has 0 saturated carbocycles. The summed E-state index contributed by atoms with van der Waals surface area (Å²) in [5.41, 5.74) is 0.162. The van der Waals surface area contributed by atoms with Gasteiger partial charge in [-0.3, -0.25) is 9.59 Å². The molecule has 0 spiro atoms. The summed E-state index contributed by atoms with van der Waals surface area (Å²) in [7, 11) is 0. The topological polar surface area (TPSA) is 58.6 Å². The first-order chi connectivity index (χ1) is 11.1. The Balaban J connectivity index is 2.42. The van der Waals surface area contributed by atoms with Gasteiger partial charge in [0.2, 0.25) is 11.8 Å². The van der Waals surface area contributed by atoms with Crippen molar-refractivity contribution in [2.75, 3.05) is 23.4 Å². The van der Waals surface area contributed by atoms with Crippen molar-refractivity contribution in [1.82, 2.24) is 0 Å². The van der Waals surface area contributed by atoms with Crippen LogP contribution in [0.3, 0.4) is 0 Å². The van der Waals surface area contributed by atoms with Gasteiger partial charge < -0.3 is 15.0 Å². The molecule has 0 saturated heterocycles. The second-order valence-electron chi connectivity index (χ2n) is 7.76. The van der Waals surface area contributed by atoms with E-state index in [9.17, 15) is 9.59 Å². The molecule has 0 unspecified atom stereocenters. The Morgan fingerprint density at radius 3 is 2.67 bits per heavy atom. The van der Waals surface area contributed by atoms with Crippen molar-refractivity contribution in [2.45, 2.75) is 34.6 Å². The van der Waals surface area contributed by atoms with Gasteiger partial charge in [-0.25, -0.2) is 0 Å². The molecule has 0 atom stereocenters. The van der Waals surface area contributed by atoms with E-state index >= 15 is 0 Å². The number of carbonyl (C=O) groups excluding carboxylic acids is 2. The number of nitrogens with zero attached hydrogens (tertiary/aromatic N) is 1. The van der Waals surface area contributed by atoms with E-state index in [4.69, 9.17) is 4.74 Å². The van der Waals surface area contributed by atoms with Gasteiger partial charge in [0.15, 0.2) is 0 Å². The standard InChI is InChI=1S/C19H26N2O3/c1-7-10-21-14-11-13(20-16(22)18(2,3)4)8-9-15(14)24-12-19(5,6)17(21)23/h7-9,11H,1,10,12H2,2-6H3,(H,20,22). The maximum absolute atomic E-state index is 12.8. The molecule has 0 fully saturated rings. The number of carbonyl (C=O) groups is 2. The van der Waals surface area contributed by atoms with Crippen LogP contribution in [0, 0.1) is 10.8 Å². The van der Waals surface area contributed by atoms with E-state index in [1.54, 1.807) is 29.2 Å². The van der Waals surface area contributed by atoms with E-state index in [1.807, 2.05) is 34.6 Å². The van der Waals surface area contributed by atoms with Crippen LogP contribution in [-0.4, -0.2) is 25.0 Å². The van der Waals surface area contributed by atoms with E-state index in [0.29, 0.717) is 30.3 Å². The average molecular weight is 330 g/mol. The van der Waals surface area contributed by atoms with E-state index in [0.717, 1.165) is 0 Å². The Morgan fingerprint density at radius 2 is 2.08 bits per heavy atom. The summed E-state index contributed by atoms with van der Waals surface area (Å²) >= 11 is 0. The van der Waals surface area contributed by atoms with Crippen LogP contribution < -0.4 is 15.0 Å². The normalized spacial score (nSPS) is 16.7. The van der Waals surface area contributed by atoms with Gasteiger partial charge in [0.05, 0.1) is 11.1 Å². The maximum Gasteiger partial charge on any atom is 0.236 e. The van der Waals surface area contributed by atoms with Gasteiger partial charge in [0.25, 0.3) is 0 Å². The number of nitrogens with one attached hydrogen (secondary N) is 1. The molecular formula is C19H26N2O3. The second-order valence-corrected chi connectivity index (χ2v) is 7.76. The lowest BCUT2D eigenvalue weighted by Crippen LogP contribution is -2.42. The molecule has 24 heavy (non-hydrogen) atoms. The fourth-order valence-corrected chi connectivity index (χ4v) is 2.35. The van der Waals surface area contributed by atoms with Crippen LogP contribution in [0.4, 0.5) is 11.4 Å². The number of benzene rings is 1. The molecule has 5 heteroatoms. The zero-order valence-corrected chi connectivity index (χ0v) is 15.1. The van der Waals surface area contributed by atoms with Gasteiger partial charge in [0.1, 0.15) is 12.4 Å². The third-order valence-electron chi connectivity index (χ3n) is 3.91. The highest BCUT2D eigenvalue weighted by atomic mass is 16.5. The van der Waals surface area contributed by atoms with Crippen molar-refractivity contribution < 1.29 is 14.3 Å². The van der Waals surface area contributed by atoms with Crippen LogP contribution in [0.2, 0.25) is 0 Å². The average Bonchev–Trinajstić information content (AvgIpc) is 2.57. The highest BCUT2D eigenvalue weighted by Crippen LogP contribution is 2.38. The zero-order chi connectivity index (χ0) is 18.1. The number of fused-ring (bicyclic) bond motifs is 1. The maximum atomic E-state index is 12.8. The van der Waals surface area contributed by atoms with Crippen LogP contribution in [0.1, 0.15) is 34.6 Å². The smallest absolute Gasteiger partial charge is 0.236 e. The Hall–Kier alpha value is -2.30. The van der Waals surface area contributed by atoms with E-state index in [-0.39, 0.29) is 11.8 Å². The SMILES string of the molecule is C=CCN1C(=O)C(C)(C)COc2ccc(NC(=O)C(C)(C)C)cc21. The number of anilines is 2. The third-order valence-corrected chi connectivity index (χ3v) is 3.91. The van der Waals surface area contributed by atoms with Gasteiger partial charge in [-0.1, -0.05) is 26.8 Å². The first kappa shape index (κ1) is 18.0. The number of hydrogen-bond acceptors (Lipinski definition) is 3. The molecule has 0 aromatic heterocycles. The summed E-state index contributed by atoms with van der Waals surface area (Å²) in [6.45, 7) is 13.7. The minimum atomic E-state index is -0.628. The first-order valence-electron chi connectivity index (χ1n) is 8.07. The Bertz CT molecular complexity index is 672. The van der Waals surface area contributed by atoms with Gasteiger partial charge in [0, 0.05) is 17.6 Å². The van der Waals surface area contributed by atoms with Crippen molar-refractivity contribution in [3.63, 3.8) is 0 Å². The number of amides is 2. The summed E-state index contributed by atoms with van der Waals surface area (Å²) in [5.74, 6) is 0.517. The monoisotopic (exact) mass is 330 g/mol. The molecule has 0 radical (unpaired) electrons. The second kappa shape index (κ2) is 6.30. The van der Waals surface area contributed by atoms with Gasteiger partial charge in [-0.2, -0.15) is 0 Å². The largest absolute Gasteiger partial charge is 0.490 e. The van der Waals surface area contributed by atoms with Crippen molar-refractivity contribution >= 4 is 23.2 Å². The fraction of sp³-hybridized carbons (Fsp3) is 0.474. The van der Waals surface area contributed by atoms with Crippen molar-refractivity contribution in [2.24, 2.45) is 10.8 Å². The highest BCUT2D eigenvalue weighted by Gasteiger charge is 2.37. The van der Waals surface area contributed by atoms with E-state index < -0.39 is 10.8 Å². The van der Waals surface area contributed by atoms with Crippen LogP contribution in [0.15, 0.2) is 30.9 Å². The molecule has 0 aliphatic carbocycles. The molecule has 1 aromatic rings. The zero-order valence-electron chi connectivity index (χ0n) is 15.1. The summed E-state index contributed by atoms with van der Waals surface area (Å²) < 4.78 is 5.83. The lowest BCUT2D eigenvalue weighted by molar-refractivity contribution is -0.127. The molecule has 5 nitrogen and oxygen atoms in total. The molecular weight excluding hydrogens is 304 g/mol. The predicted octanol–water partition coefficient (Wildman–Crippen LogP) is 3.61. The van der Waals surface area contributed by atoms with Crippen LogP contribution in [0.5, 0.6) is 5.75 Å². The summed E-state index contributed by atoms with van der Waals surface area (Å²) in [5, 5.41) is 2.89. The number of rotatable bonds is 3. The minimum absolute atomic E-state index is 0.0274. The number of hydrogen-bond donors (Lipinski definition) is 1. The van der Waals surface area contributed by atoms with Crippen LogP contribution >= 0.6 is 0 Å². The lowest BCUT2D eigenvalue weighted by Gasteiger charge is -2.27. The molecule has 1 aliphatic rings. The molecule has 2 rings (SSSR count). The van der Waals surface area contributed by atoms with Crippen molar-refractivity contribution in [3.05, 3.63) is 30.9 Å². The molecule has 1 heterocycles. The van der Waals surface area contributed by atoms with E-state index in [1.165, 1.54) is 0 Å². The highest BCUT2D eigenvalue weighted by molar-refractivity contribution is 6.01. The molecule has 2 amide bonds. The molecule has 1 aliphatic heterocycles. The van der Waals surface area contributed by atoms with Gasteiger partial charge >= 0.3 is 0 Å². The van der Waals surface area contributed by atoms with Gasteiger partial charge in [-0.15, -0.1) is 6.58 Å². The summed E-state index contributed by atoms with van der Waals surface area (Å²) in [6, 6.07) is 5.36. The Kier molecular flexibility index (Phi) is 4.74. The first-order valence-corrected chi connectivity index (χ1v) is 8.07. The summed E-state index contributed by atoms with van der Waals surface area (Å²) in [6.07, 6.45) is 1.68. The van der Waals surface area contributed by atoms with Crippen LogP contribution in [0.25, 0.3) is 0 Å². The van der Waals surface area contributed by atoms with E-state index in [2.05, 4.69) is 11.9 Å². The number of ether oxygens (including phenoxy) is 1. The Morgan fingerprint density at radius 1 is 1.42 bits per heavy atom. The minimum Gasteiger partial charge on any atom is -0.490 e. The summed E-state index contributed by atoms with van der Waals surface area (Å²) in [4.78, 5) is 26.7. The molecule has 0 bridgehead atoms. The molecule has 1 aromatic carbocycles. The Labute approximate surface area is 143 Å². The van der Waals surface area contributed by atoms with Crippen LogP contribution in [-0.2, 0) is 9.59 Å². The quantitative estimate of drug-likeness (QED) is 0.861. The van der Waals surface area contributed by atoms with Crippen molar-refractivity contribution in [1.29, 1.82) is 0 Å².